The molecule has 0 spiro atoms. The highest BCUT2D eigenvalue weighted by Crippen LogP contribution is 2.38. The molecule has 1 heterocycles. The van der Waals surface area contributed by atoms with Crippen molar-refractivity contribution in [1.29, 1.82) is 0 Å². The molecule has 0 atom stereocenters. The zero-order valence-electron chi connectivity index (χ0n) is 18.0. The van der Waals surface area contributed by atoms with Crippen molar-refractivity contribution in [2.24, 2.45) is 5.73 Å². The average Bonchev–Trinajstić information content (AvgIpc) is 2.77. The molecule has 0 aliphatic rings. The Balaban J connectivity index is 2.02. The number of nitrogens with zero attached hydrogens (tertiary/aromatic N) is 1. The van der Waals surface area contributed by atoms with E-state index in [0.717, 1.165) is 25.1 Å². The molecule has 0 saturated carbocycles. The summed E-state index contributed by atoms with van der Waals surface area (Å²) in [5, 5.41) is 6.71. The number of unbranched alkanes of at least 4 members (excludes halogenated alkanes) is 2. The zero-order chi connectivity index (χ0) is 25.3. The van der Waals surface area contributed by atoms with Gasteiger partial charge in [-0.05, 0) is 49.0 Å². The molecule has 0 bridgehead atoms. The van der Waals surface area contributed by atoms with Crippen molar-refractivity contribution in [3.8, 4) is 5.75 Å². The Morgan fingerprint density at radius 2 is 1.85 bits per heavy atom. The molecule has 5 N–H and O–H groups in total. The Morgan fingerprint density at radius 1 is 1.12 bits per heavy atom. The van der Waals surface area contributed by atoms with Crippen LogP contribution in [0, 0.1) is 0 Å². The van der Waals surface area contributed by atoms with Crippen molar-refractivity contribution in [3.05, 3.63) is 47.7 Å². The van der Waals surface area contributed by atoms with Crippen LogP contribution in [0.3, 0.4) is 0 Å². The number of thiocarbonyl (C=S) groups is 1. The predicted molar refractivity (Wildman–Crippen MR) is 122 cm³/mol. The lowest BCUT2D eigenvalue weighted by atomic mass is 10.1. The number of anilines is 2. The third kappa shape index (κ3) is 7.99. The van der Waals surface area contributed by atoms with Crippen molar-refractivity contribution in [2.75, 3.05) is 17.2 Å². The molecule has 0 aliphatic heterocycles. The summed E-state index contributed by atoms with van der Waals surface area (Å²) >= 11 is 5.01. The van der Waals surface area contributed by atoms with E-state index in [1.54, 1.807) is 0 Å². The number of hydrogen-bond acceptors (Lipinski definition) is 6. The highest BCUT2D eigenvalue weighted by Gasteiger charge is 2.34. The molecule has 0 unspecified atom stereocenters. The number of aromatic nitrogens is 1. The third-order valence-corrected chi connectivity index (χ3v) is 4.47. The van der Waals surface area contributed by atoms with E-state index < -0.39 is 29.5 Å². The summed E-state index contributed by atoms with van der Waals surface area (Å²) in [6, 6.07) is 5.91. The van der Waals surface area contributed by atoms with Gasteiger partial charge in [-0.3, -0.25) is 19.7 Å². The first-order valence-electron chi connectivity index (χ1n) is 10.0. The molecule has 0 radical (unpaired) electrons. The molecule has 0 saturated heterocycles. The lowest BCUT2D eigenvalue weighted by Crippen LogP contribution is -2.34. The van der Waals surface area contributed by atoms with Crippen LogP contribution in [0.25, 0.3) is 0 Å². The van der Waals surface area contributed by atoms with Gasteiger partial charge in [0, 0.05) is 11.9 Å². The molecule has 2 rings (SSSR count). The number of primary amides is 1. The van der Waals surface area contributed by atoms with Gasteiger partial charge in [-0.1, -0.05) is 19.8 Å². The van der Waals surface area contributed by atoms with Gasteiger partial charge in [-0.2, -0.15) is 13.2 Å². The quantitative estimate of drug-likeness (QED) is 0.250. The van der Waals surface area contributed by atoms with E-state index in [4.69, 9.17) is 22.7 Å². The summed E-state index contributed by atoms with van der Waals surface area (Å²) in [6.45, 7) is 2.14. The summed E-state index contributed by atoms with van der Waals surface area (Å²) < 4.78 is 45.7. The van der Waals surface area contributed by atoms with Crippen molar-refractivity contribution < 1.29 is 32.3 Å². The molecule has 2 aromatic rings. The second kappa shape index (κ2) is 11.9. The molecule has 0 fully saturated rings. The number of carbonyl (C=O) groups is 3. The summed E-state index contributed by atoms with van der Waals surface area (Å²) in [7, 11) is 0. The van der Waals surface area contributed by atoms with Gasteiger partial charge in [0.05, 0.1) is 17.7 Å². The number of amides is 3. The number of alkyl halides is 3. The van der Waals surface area contributed by atoms with Crippen LogP contribution < -0.4 is 26.4 Å². The molecular weight excluding hydrogens is 475 g/mol. The van der Waals surface area contributed by atoms with Crippen LogP contribution in [0.5, 0.6) is 5.75 Å². The molecule has 0 aliphatic carbocycles. The predicted octanol–water partition coefficient (Wildman–Crippen LogP) is 3.22. The van der Waals surface area contributed by atoms with Crippen molar-refractivity contribution in [2.45, 2.75) is 32.4 Å². The number of carbonyl (C=O) groups excluding carboxylic acids is 3. The van der Waals surface area contributed by atoms with E-state index in [2.05, 4.69) is 20.9 Å². The van der Waals surface area contributed by atoms with E-state index in [9.17, 15) is 27.6 Å². The maximum absolute atomic E-state index is 13.5. The number of nitrogens with one attached hydrogen (secondary N) is 3. The van der Waals surface area contributed by atoms with E-state index in [-0.39, 0.29) is 34.5 Å². The molecule has 34 heavy (non-hydrogen) atoms. The monoisotopic (exact) mass is 497 g/mol. The molecule has 13 heteroatoms. The van der Waals surface area contributed by atoms with Crippen LogP contribution >= 0.6 is 12.2 Å². The summed E-state index contributed by atoms with van der Waals surface area (Å²) in [6.07, 6.45) is -1.17. The van der Waals surface area contributed by atoms with Gasteiger partial charge >= 0.3 is 18.0 Å². The number of halogens is 3. The lowest BCUT2D eigenvalue weighted by Gasteiger charge is -2.16. The average molecular weight is 497 g/mol. The topological polar surface area (TPSA) is 135 Å². The van der Waals surface area contributed by atoms with Gasteiger partial charge < -0.3 is 21.1 Å². The Bertz CT molecular complexity index is 1060. The fraction of sp³-hybridized carbons (Fsp3) is 0.286. The number of hydrogen-bond donors (Lipinski definition) is 4. The lowest BCUT2D eigenvalue weighted by molar-refractivity contribution is -0.138. The van der Waals surface area contributed by atoms with Crippen LogP contribution in [0.4, 0.5) is 24.7 Å². The first kappa shape index (κ1) is 26.5. The Kier molecular flexibility index (Phi) is 9.30. The molecule has 3 amide bonds. The third-order valence-electron chi connectivity index (χ3n) is 4.27. The molecule has 9 nitrogen and oxygen atoms in total. The summed E-state index contributed by atoms with van der Waals surface area (Å²) in [5.74, 6) is -3.29. The minimum atomic E-state index is -4.65. The second-order valence-corrected chi connectivity index (χ2v) is 7.33. The van der Waals surface area contributed by atoms with Gasteiger partial charge in [-0.25, -0.2) is 4.98 Å². The first-order valence-corrected chi connectivity index (χ1v) is 10.4. The van der Waals surface area contributed by atoms with Crippen LogP contribution in [0.1, 0.15) is 42.1 Å². The van der Waals surface area contributed by atoms with Crippen molar-refractivity contribution in [3.63, 3.8) is 0 Å². The summed E-state index contributed by atoms with van der Waals surface area (Å²) in [4.78, 5) is 38.1. The number of benzene rings is 1. The highest BCUT2D eigenvalue weighted by molar-refractivity contribution is 7.80. The zero-order valence-corrected chi connectivity index (χ0v) is 18.8. The normalized spacial score (nSPS) is 10.8. The van der Waals surface area contributed by atoms with Gasteiger partial charge in [0.25, 0.3) is 5.91 Å². The largest absolute Gasteiger partial charge is 0.493 e. The summed E-state index contributed by atoms with van der Waals surface area (Å²) in [5.41, 5.74) is 3.89. The fourth-order valence-electron chi connectivity index (χ4n) is 2.61. The van der Waals surface area contributed by atoms with E-state index in [0.29, 0.717) is 6.42 Å². The van der Waals surface area contributed by atoms with Crippen molar-refractivity contribution in [1.82, 2.24) is 10.3 Å². The van der Waals surface area contributed by atoms with Gasteiger partial charge in [0.15, 0.2) is 5.11 Å². The van der Waals surface area contributed by atoms with E-state index in [1.165, 1.54) is 24.3 Å². The Hall–Kier alpha value is -3.74. The van der Waals surface area contributed by atoms with Crippen molar-refractivity contribution >= 4 is 46.6 Å². The number of nitrogens with two attached hydrogens (primary N) is 1. The van der Waals surface area contributed by atoms with Crippen LogP contribution in [0.15, 0.2) is 36.5 Å². The van der Waals surface area contributed by atoms with E-state index in [1.807, 2.05) is 6.92 Å². The smallest absolute Gasteiger partial charge is 0.420 e. The Labute approximate surface area is 198 Å². The molecule has 182 valence electrons. The minimum Gasteiger partial charge on any atom is -0.493 e. The maximum Gasteiger partial charge on any atom is 0.420 e. The fourth-order valence-corrected chi connectivity index (χ4v) is 2.82. The van der Waals surface area contributed by atoms with Crippen LogP contribution in [-0.2, 0) is 15.8 Å². The SMILES string of the molecule is CCCCCOc1ccc(NC(=S)NC(=O)c2ccc(NC(=O)C(N)=O)nc2)cc1C(F)(F)F. The number of pyridine rings is 1. The van der Waals surface area contributed by atoms with Gasteiger partial charge in [0.2, 0.25) is 0 Å². The van der Waals surface area contributed by atoms with Gasteiger partial charge in [-0.15, -0.1) is 0 Å². The standard InChI is InChI=1S/C21H22F3N5O4S/c1-2-3-4-9-33-15-7-6-13(10-14(15)21(22,23)24)27-20(34)29-18(31)12-5-8-16(26-11-12)28-19(32)17(25)30/h5-8,10-11H,2-4,9H2,1H3,(H2,25,30)(H,26,28,32)(H2,27,29,31,34). The second-order valence-electron chi connectivity index (χ2n) is 6.92. The molecule has 1 aromatic carbocycles. The van der Waals surface area contributed by atoms with Crippen LogP contribution in [-0.4, -0.2) is 34.4 Å². The maximum atomic E-state index is 13.5. The van der Waals surface area contributed by atoms with Crippen LogP contribution in [0.2, 0.25) is 0 Å². The molecule has 1 aromatic heterocycles. The van der Waals surface area contributed by atoms with E-state index >= 15 is 0 Å². The first-order chi connectivity index (χ1) is 16.0. The number of rotatable bonds is 8. The highest BCUT2D eigenvalue weighted by atomic mass is 32.1. The molecular formula is C21H22F3N5O4S. The van der Waals surface area contributed by atoms with Gasteiger partial charge in [0.1, 0.15) is 11.6 Å². The number of ether oxygens (including phenoxy) is 1. The minimum absolute atomic E-state index is 0.00108. The Morgan fingerprint density at radius 3 is 2.44 bits per heavy atom.